The van der Waals surface area contributed by atoms with Gasteiger partial charge in [0, 0.05) is 5.92 Å². The number of carbonyl (C=O) groups is 1. The van der Waals surface area contributed by atoms with Gasteiger partial charge >= 0.3 is 6.09 Å². The molecule has 1 aliphatic carbocycles. The van der Waals surface area contributed by atoms with E-state index >= 15 is 0 Å². The number of phenolic OH excluding ortho intramolecular Hbond substituents is 1. The Bertz CT molecular complexity index is 1020. The summed E-state index contributed by atoms with van der Waals surface area (Å²) in [6.45, 7) is -0.154. The number of hydrogen-bond acceptors (Lipinski definition) is 4. The van der Waals surface area contributed by atoms with E-state index in [9.17, 15) is 19.4 Å². The summed E-state index contributed by atoms with van der Waals surface area (Å²) in [5, 5.41) is 21.5. The average Bonchev–Trinajstić information content (AvgIpc) is 3.08. The zero-order valence-corrected chi connectivity index (χ0v) is 16.2. The number of aliphatic hydroxyl groups excluding tert-OH is 1. The molecule has 0 bridgehead atoms. The predicted octanol–water partition coefficient (Wildman–Crippen LogP) is 3.97. The van der Waals surface area contributed by atoms with Crippen LogP contribution >= 0.6 is 0 Å². The minimum absolute atomic E-state index is 0.0538. The van der Waals surface area contributed by atoms with Gasteiger partial charge in [0.1, 0.15) is 6.61 Å². The Kier molecular flexibility index (Phi) is 5.68. The Morgan fingerprint density at radius 1 is 1.03 bits per heavy atom. The number of rotatable bonds is 6. The third-order valence-electron chi connectivity index (χ3n) is 5.38. The van der Waals surface area contributed by atoms with Crippen LogP contribution in [0.4, 0.5) is 9.18 Å². The van der Waals surface area contributed by atoms with Crippen LogP contribution in [-0.2, 0) is 11.2 Å². The van der Waals surface area contributed by atoms with E-state index in [2.05, 4.69) is 17.4 Å². The van der Waals surface area contributed by atoms with Crippen molar-refractivity contribution < 1.29 is 24.1 Å². The highest BCUT2D eigenvalue weighted by Crippen LogP contribution is 2.44. The first kappa shape index (κ1) is 19.9. The molecule has 5 nitrogen and oxygen atoms in total. The zero-order chi connectivity index (χ0) is 21.1. The van der Waals surface area contributed by atoms with E-state index in [-0.39, 0.29) is 25.6 Å². The van der Waals surface area contributed by atoms with Gasteiger partial charge in [-0.15, -0.1) is 0 Å². The van der Waals surface area contributed by atoms with Crippen LogP contribution in [0.1, 0.15) is 22.6 Å². The maximum absolute atomic E-state index is 13.5. The Morgan fingerprint density at radius 2 is 1.67 bits per heavy atom. The number of carbonyl (C=O) groups excluding carboxylic acids is 1. The van der Waals surface area contributed by atoms with Gasteiger partial charge in [0.15, 0.2) is 11.6 Å². The summed E-state index contributed by atoms with van der Waals surface area (Å²) in [6.07, 6.45) is -0.437. The maximum atomic E-state index is 13.5. The van der Waals surface area contributed by atoms with E-state index in [4.69, 9.17) is 4.74 Å². The van der Waals surface area contributed by atoms with E-state index in [0.29, 0.717) is 5.56 Å². The molecular formula is C24H22FNO4. The number of ether oxygens (including phenoxy) is 1. The van der Waals surface area contributed by atoms with Crippen molar-refractivity contribution in [3.05, 3.63) is 89.2 Å². The number of aromatic hydroxyl groups is 1. The Labute approximate surface area is 173 Å². The molecule has 30 heavy (non-hydrogen) atoms. The third kappa shape index (κ3) is 4.00. The summed E-state index contributed by atoms with van der Waals surface area (Å²) < 4.78 is 19.0. The van der Waals surface area contributed by atoms with Crippen molar-refractivity contribution in [2.45, 2.75) is 18.4 Å². The van der Waals surface area contributed by atoms with Gasteiger partial charge in [-0.05, 0) is 46.4 Å². The number of aliphatic hydroxyl groups is 1. The molecule has 3 aromatic carbocycles. The molecule has 0 fully saturated rings. The lowest BCUT2D eigenvalue weighted by Gasteiger charge is -2.18. The van der Waals surface area contributed by atoms with Gasteiger partial charge in [0.2, 0.25) is 0 Å². The minimum atomic E-state index is -0.745. The van der Waals surface area contributed by atoms with Crippen LogP contribution in [0.3, 0.4) is 0 Å². The second-order valence-electron chi connectivity index (χ2n) is 7.34. The number of phenols is 1. The first-order valence-corrected chi connectivity index (χ1v) is 9.76. The first-order chi connectivity index (χ1) is 14.6. The van der Waals surface area contributed by atoms with Gasteiger partial charge in [0.05, 0.1) is 12.6 Å². The lowest BCUT2D eigenvalue weighted by Crippen LogP contribution is -2.39. The minimum Gasteiger partial charge on any atom is -0.505 e. The number of alkyl carbamates (subject to hydrolysis) is 1. The summed E-state index contributed by atoms with van der Waals surface area (Å²) in [7, 11) is 0. The number of halogens is 1. The van der Waals surface area contributed by atoms with Crippen LogP contribution in [0.25, 0.3) is 11.1 Å². The van der Waals surface area contributed by atoms with E-state index in [0.717, 1.165) is 22.3 Å². The molecule has 1 aliphatic rings. The quantitative estimate of drug-likeness (QED) is 0.578. The fourth-order valence-corrected chi connectivity index (χ4v) is 3.93. The van der Waals surface area contributed by atoms with Crippen molar-refractivity contribution in [1.29, 1.82) is 0 Å². The molecule has 1 atom stereocenters. The SMILES string of the molecule is O=C(N[C@H](CO)Cc1ccc(O)c(F)c1)OCC1c2ccccc2-c2ccccc21. The van der Waals surface area contributed by atoms with E-state index < -0.39 is 23.7 Å². The molecule has 0 spiro atoms. The van der Waals surface area contributed by atoms with Crippen molar-refractivity contribution in [1.82, 2.24) is 5.32 Å². The molecule has 3 aromatic rings. The number of benzene rings is 3. The third-order valence-corrected chi connectivity index (χ3v) is 5.38. The van der Waals surface area contributed by atoms with Gasteiger partial charge in [-0.1, -0.05) is 54.6 Å². The summed E-state index contributed by atoms with van der Waals surface area (Å²) in [6, 6.07) is 19.4. The highest BCUT2D eigenvalue weighted by atomic mass is 19.1. The molecule has 6 heteroatoms. The van der Waals surface area contributed by atoms with Gasteiger partial charge in [-0.25, -0.2) is 9.18 Å². The molecule has 0 heterocycles. The molecular weight excluding hydrogens is 385 g/mol. The smallest absolute Gasteiger partial charge is 0.407 e. The second kappa shape index (κ2) is 8.55. The number of nitrogens with one attached hydrogen (secondary N) is 1. The van der Waals surface area contributed by atoms with Crippen LogP contribution in [0.15, 0.2) is 66.7 Å². The predicted molar refractivity (Wildman–Crippen MR) is 111 cm³/mol. The zero-order valence-electron chi connectivity index (χ0n) is 16.2. The lowest BCUT2D eigenvalue weighted by atomic mass is 9.98. The highest BCUT2D eigenvalue weighted by Gasteiger charge is 2.29. The normalized spacial score (nSPS) is 13.4. The Hall–Kier alpha value is -3.38. The monoisotopic (exact) mass is 407 g/mol. The number of hydrogen-bond donors (Lipinski definition) is 3. The topological polar surface area (TPSA) is 78.8 Å². The van der Waals surface area contributed by atoms with Crippen molar-refractivity contribution in [3.63, 3.8) is 0 Å². The molecule has 0 aromatic heterocycles. The summed E-state index contributed by atoms with van der Waals surface area (Å²) in [5.41, 5.74) is 5.06. The lowest BCUT2D eigenvalue weighted by molar-refractivity contribution is 0.132. The Morgan fingerprint density at radius 3 is 2.27 bits per heavy atom. The van der Waals surface area contributed by atoms with Crippen molar-refractivity contribution in [2.75, 3.05) is 13.2 Å². The van der Waals surface area contributed by atoms with Crippen molar-refractivity contribution in [3.8, 4) is 16.9 Å². The Balaban J connectivity index is 1.40. The van der Waals surface area contributed by atoms with Gasteiger partial charge < -0.3 is 20.3 Å². The molecule has 0 aliphatic heterocycles. The van der Waals surface area contributed by atoms with E-state index in [1.165, 1.54) is 12.1 Å². The van der Waals surface area contributed by atoms with Crippen LogP contribution in [0, 0.1) is 5.82 Å². The molecule has 0 saturated heterocycles. The fourth-order valence-electron chi connectivity index (χ4n) is 3.93. The van der Waals surface area contributed by atoms with Gasteiger partial charge in [-0.2, -0.15) is 0 Å². The molecule has 3 N–H and O–H groups in total. The summed E-state index contributed by atoms with van der Waals surface area (Å²) in [5.74, 6) is -1.24. The van der Waals surface area contributed by atoms with Gasteiger partial charge in [0.25, 0.3) is 0 Å². The molecule has 0 unspecified atom stereocenters. The van der Waals surface area contributed by atoms with Crippen LogP contribution in [0.2, 0.25) is 0 Å². The molecule has 4 rings (SSSR count). The number of fused-ring (bicyclic) bond motifs is 3. The van der Waals surface area contributed by atoms with Crippen LogP contribution < -0.4 is 5.32 Å². The van der Waals surface area contributed by atoms with Crippen molar-refractivity contribution in [2.24, 2.45) is 0 Å². The summed E-state index contributed by atoms with van der Waals surface area (Å²) >= 11 is 0. The molecule has 0 saturated carbocycles. The maximum Gasteiger partial charge on any atom is 0.407 e. The van der Waals surface area contributed by atoms with Crippen LogP contribution in [0.5, 0.6) is 5.75 Å². The molecule has 1 amide bonds. The van der Waals surface area contributed by atoms with Crippen LogP contribution in [-0.4, -0.2) is 35.6 Å². The second-order valence-corrected chi connectivity index (χ2v) is 7.34. The van der Waals surface area contributed by atoms with Crippen molar-refractivity contribution >= 4 is 6.09 Å². The molecule has 154 valence electrons. The van der Waals surface area contributed by atoms with Gasteiger partial charge in [-0.3, -0.25) is 0 Å². The molecule has 0 radical (unpaired) electrons. The average molecular weight is 407 g/mol. The van der Waals surface area contributed by atoms with E-state index in [1.54, 1.807) is 6.07 Å². The first-order valence-electron chi connectivity index (χ1n) is 9.76. The largest absolute Gasteiger partial charge is 0.505 e. The summed E-state index contributed by atoms with van der Waals surface area (Å²) in [4.78, 5) is 12.3. The highest BCUT2D eigenvalue weighted by molar-refractivity contribution is 5.79. The fraction of sp³-hybridized carbons (Fsp3) is 0.208. The number of amides is 1. The standard InChI is InChI=1S/C24H22FNO4/c25-22-12-15(9-10-23(22)28)11-16(13-27)26-24(29)30-14-21-19-7-3-1-5-17(19)18-6-2-4-8-20(18)21/h1-10,12,16,21,27-28H,11,13-14H2,(H,26,29)/t16-/m0/s1. The van der Waals surface area contributed by atoms with E-state index in [1.807, 2.05) is 36.4 Å².